The second kappa shape index (κ2) is 4.48. The standard InChI is InChI=1S/C18H14ClNO4/c19-13-4-1-7(5-12(13)18(23)24)20-16(21)14-8-2-3-9(11-6-10(8)11)15(14)17(20)22/h1-5,8-11,14-15H,6H2,(H,23,24)/t8-,9-,10+,11+,14+,15+/m1/s1. The third kappa shape index (κ3) is 1.63. The highest BCUT2D eigenvalue weighted by Gasteiger charge is 2.67. The molecule has 1 saturated heterocycles. The Kier molecular flexibility index (Phi) is 2.65. The number of hydrogen-bond donors (Lipinski definition) is 1. The van der Waals surface area contributed by atoms with Gasteiger partial charge in [-0.05, 0) is 48.3 Å². The zero-order valence-corrected chi connectivity index (χ0v) is 13.3. The molecule has 0 radical (unpaired) electrons. The summed E-state index contributed by atoms with van der Waals surface area (Å²) in [7, 11) is 0. The van der Waals surface area contributed by atoms with Crippen LogP contribution in [0.25, 0.3) is 0 Å². The molecule has 6 atom stereocenters. The Morgan fingerprint density at radius 2 is 1.67 bits per heavy atom. The van der Waals surface area contributed by atoms with E-state index in [4.69, 9.17) is 11.6 Å². The summed E-state index contributed by atoms with van der Waals surface area (Å²) in [6.07, 6.45) is 5.33. The van der Waals surface area contributed by atoms with Crippen molar-refractivity contribution in [1.82, 2.24) is 0 Å². The largest absolute Gasteiger partial charge is 0.478 e. The molecule has 1 N–H and O–H groups in total. The van der Waals surface area contributed by atoms with Crippen LogP contribution in [0.1, 0.15) is 16.8 Å². The summed E-state index contributed by atoms with van der Waals surface area (Å²) in [5.41, 5.74) is 0.197. The SMILES string of the molecule is O=C(O)c1cc(N2C(=O)[C@H]3[C@@H]4C=C[C@H]([C@@H]5C[C@@H]45)[C@@H]3C2=O)ccc1Cl. The third-order valence-electron chi connectivity index (χ3n) is 6.10. The Labute approximate surface area is 142 Å². The summed E-state index contributed by atoms with van der Waals surface area (Å²) in [6.45, 7) is 0. The van der Waals surface area contributed by atoms with Gasteiger partial charge in [0.1, 0.15) is 0 Å². The molecule has 5 nitrogen and oxygen atoms in total. The van der Waals surface area contributed by atoms with Gasteiger partial charge in [0.05, 0.1) is 28.1 Å². The number of allylic oxidation sites excluding steroid dienone is 2. The van der Waals surface area contributed by atoms with Gasteiger partial charge in [0, 0.05) is 0 Å². The lowest BCUT2D eigenvalue weighted by Crippen LogP contribution is -2.40. The molecule has 0 unspecified atom stereocenters. The van der Waals surface area contributed by atoms with Crippen molar-refractivity contribution >= 4 is 35.1 Å². The van der Waals surface area contributed by atoms with Crippen LogP contribution >= 0.6 is 11.6 Å². The first kappa shape index (κ1) is 14.2. The zero-order chi connectivity index (χ0) is 16.7. The molecule has 4 aliphatic carbocycles. The Morgan fingerprint density at radius 3 is 2.21 bits per heavy atom. The number of halogens is 1. The normalized spacial score (nSPS) is 38.3. The first-order valence-corrected chi connectivity index (χ1v) is 8.46. The molecule has 0 spiro atoms. The number of carboxylic acid groups (broad SMARTS) is 1. The molecule has 6 rings (SSSR count). The summed E-state index contributed by atoms with van der Waals surface area (Å²) in [6, 6.07) is 4.28. The smallest absolute Gasteiger partial charge is 0.337 e. The summed E-state index contributed by atoms with van der Waals surface area (Å²) >= 11 is 5.89. The van der Waals surface area contributed by atoms with Crippen LogP contribution < -0.4 is 4.90 Å². The van der Waals surface area contributed by atoms with Crippen LogP contribution in [-0.4, -0.2) is 22.9 Å². The minimum Gasteiger partial charge on any atom is -0.478 e. The van der Waals surface area contributed by atoms with Crippen molar-refractivity contribution in [3.8, 4) is 0 Å². The summed E-state index contributed by atoms with van der Waals surface area (Å²) in [5.74, 6) is -0.783. The molecule has 1 aromatic rings. The lowest BCUT2D eigenvalue weighted by Gasteiger charge is -2.37. The molecule has 122 valence electrons. The number of carboxylic acids is 1. The van der Waals surface area contributed by atoms with Gasteiger partial charge in [0.15, 0.2) is 0 Å². The van der Waals surface area contributed by atoms with Crippen molar-refractivity contribution < 1.29 is 19.5 Å². The molecule has 3 fully saturated rings. The number of carbonyl (C=O) groups excluding carboxylic acids is 2. The van der Waals surface area contributed by atoms with Gasteiger partial charge < -0.3 is 5.11 Å². The Morgan fingerprint density at radius 1 is 1.08 bits per heavy atom. The average Bonchev–Trinajstić information content (AvgIpc) is 3.33. The van der Waals surface area contributed by atoms with Crippen LogP contribution in [-0.2, 0) is 9.59 Å². The molecule has 1 aliphatic heterocycles. The van der Waals surface area contributed by atoms with Crippen molar-refractivity contribution in [3.63, 3.8) is 0 Å². The minimum atomic E-state index is -1.18. The van der Waals surface area contributed by atoms with E-state index in [1.54, 1.807) is 0 Å². The topological polar surface area (TPSA) is 74.7 Å². The van der Waals surface area contributed by atoms with Gasteiger partial charge in [-0.3, -0.25) is 9.59 Å². The number of carbonyl (C=O) groups is 3. The van der Waals surface area contributed by atoms with Gasteiger partial charge in [-0.25, -0.2) is 9.69 Å². The molecule has 6 heteroatoms. The van der Waals surface area contributed by atoms with Crippen LogP contribution in [0, 0.1) is 35.5 Å². The molecular formula is C18H14ClNO4. The van der Waals surface area contributed by atoms with E-state index < -0.39 is 5.97 Å². The van der Waals surface area contributed by atoms with E-state index in [1.807, 2.05) is 0 Å². The molecule has 1 aromatic carbocycles. The first-order valence-electron chi connectivity index (χ1n) is 8.08. The highest BCUT2D eigenvalue weighted by molar-refractivity contribution is 6.34. The summed E-state index contributed by atoms with van der Waals surface area (Å²) < 4.78 is 0. The number of rotatable bonds is 2. The highest BCUT2D eigenvalue weighted by Crippen LogP contribution is 2.65. The predicted octanol–water partition coefficient (Wildman–Crippen LogP) is 2.60. The lowest BCUT2D eigenvalue weighted by molar-refractivity contribution is -0.124. The molecule has 5 aliphatic rings. The van der Waals surface area contributed by atoms with Crippen LogP contribution in [0.2, 0.25) is 5.02 Å². The molecule has 0 aromatic heterocycles. The fraction of sp³-hybridized carbons (Fsp3) is 0.389. The van der Waals surface area contributed by atoms with Gasteiger partial charge in [0.25, 0.3) is 0 Å². The number of anilines is 1. The quantitative estimate of drug-likeness (QED) is 0.661. The van der Waals surface area contributed by atoms with Gasteiger partial charge in [0.2, 0.25) is 11.8 Å². The second-order valence-corrected chi connectivity index (χ2v) is 7.54. The van der Waals surface area contributed by atoms with Gasteiger partial charge >= 0.3 is 5.97 Å². The second-order valence-electron chi connectivity index (χ2n) is 7.14. The van der Waals surface area contributed by atoms with Crippen molar-refractivity contribution in [3.05, 3.63) is 40.9 Å². The molecule has 24 heavy (non-hydrogen) atoms. The molecule has 2 amide bonds. The van der Waals surface area contributed by atoms with Gasteiger partial charge in [-0.1, -0.05) is 23.8 Å². The maximum Gasteiger partial charge on any atom is 0.337 e. The van der Waals surface area contributed by atoms with Crippen LogP contribution in [0.3, 0.4) is 0 Å². The maximum atomic E-state index is 13.0. The molecule has 2 saturated carbocycles. The lowest BCUT2D eigenvalue weighted by atomic mass is 9.63. The van der Waals surface area contributed by atoms with Crippen LogP contribution in [0.5, 0.6) is 0 Å². The Hall–Kier alpha value is -2.14. The number of hydrogen-bond acceptors (Lipinski definition) is 3. The fourth-order valence-corrected chi connectivity index (χ4v) is 5.23. The predicted molar refractivity (Wildman–Crippen MR) is 85.6 cm³/mol. The Bertz CT molecular complexity index is 811. The first-order chi connectivity index (χ1) is 11.5. The monoisotopic (exact) mass is 343 g/mol. The van der Waals surface area contributed by atoms with E-state index in [0.29, 0.717) is 17.5 Å². The number of benzene rings is 1. The molecule has 1 heterocycles. The van der Waals surface area contributed by atoms with E-state index in [0.717, 1.165) is 6.42 Å². The van der Waals surface area contributed by atoms with Gasteiger partial charge in [-0.15, -0.1) is 0 Å². The Balaban J connectivity index is 1.57. The zero-order valence-electron chi connectivity index (χ0n) is 12.6. The van der Waals surface area contributed by atoms with Crippen LogP contribution in [0.4, 0.5) is 5.69 Å². The molecule has 2 bridgehead atoms. The van der Waals surface area contributed by atoms with Crippen LogP contribution in [0.15, 0.2) is 30.4 Å². The van der Waals surface area contributed by atoms with Crippen molar-refractivity contribution in [1.29, 1.82) is 0 Å². The van der Waals surface area contributed by atoms with Crippen molar-refractivity contribution in [2.75, 3.05) is 4.90 Å². The van der Waals surface area contributed by atoms with Crippen molar-refractivity contribution in [2.24, 2.45) is 35.5 Å². The summed E-state index contributed by atoms with van der Waals surface area (Å²) in [4.78, 5) is 38.4. The van der Waals surface area contributed by atoms with E-state index in [-0.39, 0.29) is 46.1 Å². The maximum absolute atomic E-state index is 13.0. The van der Waals surface area contributed by atoms with E-state index >= 15 is 0 Å². The van der Waals surface area contributed by atoms with E-state index in [1.165, 1.54) is 23.1 Å². The number of aromatic carboxylic acids is 1. The van der Waals surface area contributed by atoms with Gasteiger partial charge in [-0.2, -0.15) is 0 Å². The fourth-order valence-electron chi connectivity index (χ4n) is 5.03. The highest BCUT2D eigenvalue weighted by atomic mass is 35.5. The third-order valence-corrected chi connectivity index (χ3v) is 6.43. The van der Waals surface area contributed by atoms with E-state index in [9.17, 15) is 19.5 Å². The average molecular weight is 344 g/mol. The molecular weight excluding hydrogens is 330 g/mol. The number of amides is 2. The van der Waals surface area contributed by atoms with E-state index in [2.05, 4.69) is 12.2 Å². The number of nitrogens with zero attached hydrogens (tertiary/aromatic N) is 1. The number of imide groups is 1. The summed E-state index contributed by atoms with van der Waals surface area (Å²) in [5, 5.41) is 9.31. The van der Waals surface area contributed by atoms with Crippen molar-refractivity contribution in [2.45, 2.75) is 6.42 Å². The minimum absolute atomic E-state index is 0.0886.